The molecule has 1 atom stereocenters. The Balaban J connectivity index is 0.00000304. The summed E-state index contributed by atoms with van der Waals surface area (Å²) in [5.41, 5.74) is 1.59. The van der Waals surface area contributed by atoms with Gasteiger partial charge < -0.3 is 23.8 Å². The Bertz CT molecular complexity index is 1210. The summed E-state index contributed by atoms with van der Waals surface area (Å²) in [4.78, 5) is 11.3. The summed E-state index contributed by atoms with van der Waals surface area (Å²) >= 11 is 0. The third-order valence-corrected chi connectivity index (χ3v) is 6.54. The van der Waals surface area contributed by atoms with E-state index in [0.717, 1.165) is 31.2 Å². The lowest BCUT2D eigenvalue weighted by atomic mass is 9.91. The number of aliphatic carboxylic acids is 1. The number of carboxylic acids is 1. The number of aromatic nitrogens is 1. The fourth-order valence-corrected chi connectivity index (χ4v) is 4.25. The number of halogens is 1. The highest BCUT2D eigenvalue weighted by Gasteiger charge is 2.34. The average molecular weight is 516 g/mol. The highest BCUT2D eigenvalue weighted by atomic mass is 32.1. The molecule has 2 aliphatic carbocycles. The Kier molecular flexibility index (Phi) is 8.08. The first kappa shape index (κ1) is 25.9. The lowest BCUT2D eigenvalue weighted by molar-refractivity contribution is -0.137. The van der Waals surface area contributed by atoms with Gasteiger partial charge in [-0.2, -0.15) is 13.5 Å². The SMILES string of the molecule is COc1ccc(F)c(-c2onc(COc3cccc([C@@H](CC(=O)O)C4CC4)c3)c2OCC2CC2)c1.S. The summed E-state index contributed by atoms with van der Waals surface area (Å²) in [6.45, 7) is 0.562. The first-order valence-corrected chi connectivity index (χ1v) is 11.9. The van der Waals surface area contributed by atoms with Gasteiger partial charge in [-0.15, -0.1) is 0 Å². The van der Waals surface area contributed by atoms with Crippen LogP contribution in [0.4, 0.5) is 4.39 Å². The average Bonchev–Trinajstić information content (AvgIpc) is 3.79. The van der Waals surface area contributed by atoms with Crippen LogP contribution in [0.15, 0.2) is 47.0 Å². The summed E-state index contributed by atoms with van der Waals surface area (Å²) in [5.74, 6) is 1.24. The van der Waals surface area contributed by atoms with Crippen molar-refractivity contribution in [1.82, 2.24) is 5.16 Å². The van der Waals surface area contributed by atoms with Gasteiger partial charge in [0.25, 0.3) is 0 Å². The van der Waals surface area contributed by atoms with Gasteiger partial charge in [0.15, 0.2) is 11.4 Å². The van der Waals surface area contributed by atoms with Crippen molar-refractivity contribution in [2.45, 2.75) is 44.6 Å². The van der Waals surface area contributed by atoms with Crippen LogP contribution in [0.5, 0.6) is 17.2 Å². The zero-order valence-electron chi connectivity index (χ0n) is 20.0. The second-order valence-corrected chi connectivity index (χ2v) is 9.29. The van der Waals surface area contributed by atoms with Crippen LogP contribution in [0.1, 0.15) is 49.3 Å². The summed E-state index contributed by atoms with van der Waals surface area (Å²) in [6.07, 6.45) is 4.41. The minimum absolute atomic E-state index is 0. The fraction of sp³-hybridized carbons (Fsp3) is 0.407. The molecular weight excluding hydrogens is 485 g/mol. The number of methoxy groups -OCH3 is 1. The molecule has 0 saturated heterocycles. The van der Waals surface area contributed by atoms with Crippen LogP contribution in [0, 0.1) is 17.7 Å². The second kappa shape index (κ2) is 11.2. The summed E-state index contributed by atoms with van der Waals surface area (Å²) in [7, 11) is 1.51. The van der Waals surface area contributed by atoms with Crippen LogP contribution in [-0.4, -0.2) is 29.9 Å². The molecule has 36 heavy (non-hydrogen) atoms. The first-order valence-electron chi connectivity index (χ1n) is 11.9. The monoisotopic (exact) mass is 515 g/mol. The molecule has 0 spiro atoms. The second-order valence-electron chi connectivity index (χ2n) is 9.29. The lowest BCUT2D eigenvalue weighted by Gasteiger charge is -2.16. The number of nitrogens with zero attached hydrogens (tertiary/aromatic N) is 1. The molecule has 2 aromatic carbocycles. The van der Waals surface area contributed by atoms with Crippen molar-refractivity contribution in [3.63, 3.8) is 0 Å². The van der Waals surface area contributed by atoms with Gasteiger partial charge in [0.1, 0.15) is 23.9 Å². The van der Waals surface area contributed by atoms with Crippen molar-refractivity contribution in [3.8, 4) is 28.6 Å². The number of rotatable bonds is 12. The Morgan fingerprint density at radius 2 is 1.94 bits per heavy atom. The van der Waals surface area contributed by atoms with Gasteiger partial charge in [-0.05, 0) is 79.3 Å². The van der Waals surface area contributed by atoms with Crippen molar-refractivity contribution in [2.24, 2.45) is 11.8 Å². The highest BCUT2D eigenvalue weighted by Crippen LogP contribution is 2.45. The number of ether oxygens (including phenoxy) is 3. The van der Waals surface area contributed by atoms with Crippen molar-refractivity contribution in [1.29, 1.82) is 0 Å². The standard InChI is InChI=1S/C27H28FNO6.H2S/c1-32-19-9-10-23(28)22(12-19)26-27(34-14-16-5-6-16)24(29-35-26)15-33-20-4-2-3-18(11-20)21(13-25(30)31)17-7-8-17;/h2-4,9-12,16-17,21H,5-8,13-15H2,1H3,(H,30,31);1H2/t21-;/m0./s1. The van der Waals surface area contributed by atoms with Crippen LogP contribution in [0.2, 0.25) is 0 Å². The van der Waals surface area contributed by atoms with E-state index in [2.05, 4.69) is 5.16 Å². The van der Waals surface area contributed by atoms with Gasteiger partial charge in [-0.3, -0.25) is 4.79 Å². The molecule has 5 rings (SSSR count). The number of carbonyl (C=O) groups is 1. The Hall–Kier alpha value is -3.20. The Morgan fingerprint density at radius 3 is 2.64 bits per heavy atom. The zero-order chi connectivity index (χ0) is 24.4. The van der Waals surface area contributed by atoms with Crippen LogP contribution >= 0.6 is 13.5 Å². The molecule has 7 nitrogen and oxygen atoms in total. The molecule has 3 aromatic rings. The van der Waals surface area contributed by atoms with E-state index in [-0.39, 0.29) is 43.8 Å². The van der Waals surface area contributed by atoms with Crippen molar-refractivity contribution in [2.75, 3.05) is 13.7 Å². The van der Waals surface area contributed by atoms with Crippen molar-refractivity contribution >= 4 is 19.5 Å². The minimum atomic E-state index is -0.800. The van der Waals surface area contributed by atoms with Crippen LogP contribution in [-0.2, 0) is 11.4 Å². The van der Waals surface area contributed by atoms with E-state index in [0.29, 0.717) is 41.4 Å². The van der Waals surface area contributed by atoms with Gasteiger partial charge in [0, 0.05) is 0 Å². The molecular formula is C27H30FNO6S. The lowest BCUT2D eigenvalue weighted by Crippen LogP contribution is -2.08. The van der Waals surface area contributed by atoms with Crippen LogP contribution < -0.4 is 14.2 Å². The molecule has 192 valence electrons. The maximum absolute atomic E-state index is 14.7. The number of hydrogen-bond donors (Lipinski definition) is 1. The predicted octanol–water partition coefficient (Wildman–Crippen LogP) is 5.94. The molecule has 0 aliphatic heterocycles. The topological polar surface area (TPSA) is 91.0 Å². The summed E-state index contributed by atoms with van der Waals surface area (Å²) in [6, 6.07) is 11.9. The maximum atomic E-state index is 14.7. The first-order chi connectivity index (χ1) is 17.0. The van der Waals surface area contributed by atoms with Crippen molar-refractivity contribution in [3.05, 3.63) is 59.5 Å². The van der Waals surface area contributed by atoms with E-state index in [1.54, 1.807) is 6.07 Å². The molecule has 1 N–H and O–H groups in total. The highest BCUT2D eigenvalue weighted by molar-refractivity contribution is 7.59. The minimum Gasteiger partial charge on any atom is -0.497 e. The molecule has 2 aliphatic rings. The summed E-state index contributed by atoms with van der Waals surface area (Å²) in [5, 5.41) is 13.4. The van der Waals surface area contributed by atoms with Crippen LogP contribution in [0.25, 0.3) is 11.3 Å². The van der Waals surface area contributed by atoms with Crippen LogP contribution in [0.3, 0.4) is 0 Å². The van der Waals surface area contributed by atoms with Gasteiger partial charge in [-0.1, -0.05) is 17.3 Å². The molecule has 0 bridgehead atoms. The van der Waals surface area contributed by atoms with Gasteiger partial charge >= 0.3 is 5.97 Å². The number of hydrogen-bond acceptors (Lipinski definition) is 6. The summed E-state index contributed by atoms with van der Waals surface area (Å²) < 4.78 is 37.5. The van der Waals surface area contributed by atoms with E-state index in [1.165, 1.54) is 19.2 Å². The van der Waals surface area contributed by atoms with E-state index in [4.69, 9.17) is 18.7 Å². The third kappa shape index (κ3) is 6.13. The molecule has 0 radical (unpaired) electrons. The molecule has 9 heteroatoms. The number of benzene rings is 2. The zero-order valence-corrected chi connectivity index (χ0v) is 21.0. The van der Waals surface area contributed by atoms with Crippen molar-refractivity contribution < 1.29 is 33.0 Å². The predicted molar refractivity (Wildman–Crippen MR) is 136 cm³/mol. The van der Waals surface area contributed by atoms with Gasteiger partial charge in [-0.25, -0.2) is 4.39 Å². The van der Waals surface area contributed by atoms with E-state index < -0.39 is 11.8 Å². The normalized spacial score (nSPS) is 15.6. The number of carboxylic acid groups (broad SMARTS) is 1. The molecule has 2 fully saturated rings. The molecule has 1 heterocycles. The van der Waals surface area contributed by atoms with E-state index >= 15 is 0 Å². The molecule has 1 aromatic heterocycles. The quantitative estimate of drug-likeness (QED) is 0.319. The molecule has 0 unspecified atom stereocenters. The Morgan fingerprint density at radius 1 is 1.14 bits per heavy atom. The van der Waals surface area contributed by atoms with Gasteiger partial charge in [0.05, 0.1) is 25.7 Å². The largest absolute Gasteiger partial charge is 0.497 e. The third-order valence-electron chi connectivity index (χ3n) is 6.54. The molecule has 0 amide bonds. The maximum Gasteiger partial charge on any atom is 0.303 e. The Labute approximate surface area is 216 Å². The van der Waals surface area contributed by atoms with E-state index in [9.17, 15) is 14.3 Å². The van der Waals surface area contributed by atoms with Gasteiger partial charge in [0.2, 0.25) is 5.76 Å². The molecule has 2 saturated carbocycles. The smallest absolute Gasteiger partial charge is 0.303 e. The fourth-order valence-electron chi connectivity index (χ4n) is 4.25. The van der Waals surface area contributed by atoms with E-state index in [1.807, 2.05) is 24.3 Å².